The van der Waals surface area contributed by atoms with Crippen LogP contribution in [-0.2, 0) is 6.54 Å². The molecule has 3 heteroatoms. The quantitative estimate of drug-likeness (QED) is 0.882. The van der Waals surface area contributed by atoms with Crippen LogP contribution in [0.2, 0.25) is 0 Å². The molecule has 15 heavy (non-hydrogen) atoms. The summed E-state index contributed by atoms with van der Waals surface area (Å²) >= 11 is 5.32. The normalized spacial score (nSPS) is 25.6. The minimum Gasteiger partial charge on any atom is -0.309 e. The summed E-state index contributed by atoms with van der Waals surface area (Å²) in [5, 5.41) is 3.62. The van der Waals surface area contributed by atoms with Gasteiger partial charge in [-0.3, -0.25) is 0 Å². The summed E-state index contributed by atoms with van der Waals surface area (Å²) in [6, 6.07) is 5.08. The van der Waals surface area contributed by atoms with E-state index >= 15 is 0 Å². The Morgan fingerprint density at radius 3 is 2.73 bits per heavy atom. The molecule has 1 aromatic heterocycles. The third-order valence-electron chi connectivity index (χ3n) is 3.31. The zero-order valence-electron chi connectivity index (χ0n) is 9.29. The molecule has 0 spiro atoms. The van der Waals surface area contributed by atoms with Gasteiger partial charge in [0.05, 0.1) is 3.79 Å². The first-order chi connectivity index (χ1) is 7.15. The highest BCUT2D eigenvalue weighted by atomic mass is 79.9. The second-order valence-corrected chi connectivity index (χ2v) is 7.31. The molecule has 1 aliphatic rings. The van der Waals surface area contributed by atoms with Crippen molar-refractivity contribution in [2.75, 3.05) is 0 Å². The molecule has 1 fully saturated rings. The van der Waals surface area contributed by atoms with Crippen LogP contribution in [0.25, 0.3) is 0 Å². The Hall–Kier alpha value is 0.140. The molecular formula is C12H18BrNS. The van der Waals surface area contributed by atoms with E-state index in [9.17, 15) is 0 Å². The van der Waals surface area contributed by atoms with E-state index in [1.54, 1.807) is 0 Å². The summed E-state index contributed by atoms with van der Waals surface area (Å²) < 4.78 is 1.23. The molecule has 1 saturated carbocycles. The molecule has 0 aromatic carbocycles. The van der Waals surface area contributed by atoms with Crippen molar-refractivity contribution in [3.8, 4) is 0 Å². The van der Waals surface area contributed by atoms with Crippen molar-refractivity contribution in [2.24, 2.45) is 11.8 Å². The standard InChI is InChI=1S/C12H18BrNS/c1-8(2)9-5-10(6-9)14-7-11-3-4-12(13)15-11/h3-4,8-10,14H,5-7H2,1-2H3. The van der Waals surface area contributed by atoms with Gasteiger partial charge in [-0.25, -0.2) is 0 Å². The molecule has 0 unspecified atom stereocenters. The van der Waals surface area contributed by atoms with E-state index in [1.165, 1.54) is 21.5 Å². The average Bonchev–Trinajstić information content (AvgIpc) is 2.48. The maximum Gasteiger partial charge on any atom is 0.0701 e. The molecule has 0 amide bonds. The number of hydrogen-bond donors (Lipinski definition) is 1. The summed E-state index contributed by atoms with van der Waals surface area (Å²) in [6.45, 7) is 5.69. The molecule has 0 aliphatic heterocycles. The first-order valence-electron chi connectivity index (χ1n) is 5.62. The van der Waals surface area contributed by atoms with E-state index in [1.807, 2.05) is 11.3 Å². The van der Waals surface area contributed by atoms with Gasteiger partial charge in [0, 0.05) is 17.5 Å². The van der Waals surface area contributed by atoms with Crippen molar-refractivity contribution in [3.63, 3.8) is 0 Å². The van der Waals surface area contributed by atoms with Gasteiger partial charge in [-0.15, -0.1) is 11.3 Å². The van der Waals surface area contributed by atoms with Gasteiger partial charge in [0.2, 0.25) is 0 Å². The summed E-state index contributed by atoms with van der Waals surface area (Å²) in [7, 11) is 0. The molecular weight excluding hydrogens is 270 g/mol. The predicted molar refractivity (Wildman–Crippen MR) is 70.2 cm³/mol. The fraction of sp³-hybridized carbons (Fsp3) is 0.667. The Kier molecular flexibility index (Phi) is 3.86. The number of halogens is 1. The van der Waals surface area contributed by atoms with Crippen molar-refractivity contribution < 1.29 is 0 Å². The zero-order chi connectivity index (χ0) is 10.8. The Balaban J connectivity index is 1.68. The van der Waals surface area contributed by atoms with E-state index in [2.05, 4.69) is 47.2 Å². The van der Waals surface area contributed by atoms with E-state index in [-0.39, 0.29) is 0 Å². The Morgan fingerprint density at radius 2 is 2.20 bits per heavy atom. The monoisotopic (exact) mass is 287 g/mol. The van der Waals surface area contributed by atoms with E-state index in [0.29, 0.717) is 0 Å². The molecule has 0 atom stereocenters. The molecule has 0 radical (unpaired) electrons. The molecule has 1 aliphatic carbocycles. The number of thiophene rings is 1. The highest BCUT2D eigenvalue weighted by molar-refractivity contribution is 9.11. The second kappa shape index (κ2) is 4.98. The predicted octanol–water partition coefficient (Wildman–Crippen LogP) is 4.03. The van der Waals surface area contributed by atoms with Crippen LogP contribution in [-0.4, -0.2) is 6.04 Å². The molecule has 1 nitrogen and oxygen atoms in total. The summed E-state index contributed by atoms with van der Waals surface area (Å²) in [6.07, 6.45) is 2.73. The SMILES string of the molecule is CC(C)C1CC(NCc2ccc(Br)s2)C1. The lowest BCUT2D eigenvalue weighted by molar-refractivity contribution is 0.168. The lowest BCUT2D eigenvalue weighted by Gasteiger charge is -2.38. The lowest BCUT2D eigenvalue weighted by atomic mass is 9.74. The van der Waals surface area contributed by atoms with Crippen LogP contribution in [0.1, 0.15) is 31.6 Å². The van der Waals surface area contributed by atoms with Gasteiger partial charge >= 0.3 is 0 Å². The van der Waals surface area contributed by atoms with Crippen molar-refractivity contribution in [3.05, 3.63) is 20.8 Å². The van der Waals surface area contributed by atoms with Crippen LogP contribution in [0.5, 0.6) is 0 Å². The molecule has 2 rings (SSSR count). The van der Waals surface area contributed by atoms with Crippen molar-refractivity contribution in [1.82, 2.24) is 5.32 Å². The van der Waals surface area contributed by atoms with E-state index in [4.69, 9.17) is 0 Å². The van der Waals surface area contributed by atoms with Crippen LogP contribution in [0, 0.1) is 11.8 Å². The molecule has 1 heterocycles. The minimum atomic E-state index is 0.762. The van der Waals surface area contributed by atoms with Gasteiger partial charge in [-0.05, 0) is 52.7 Å². The molecule has 0 saturated heterocycles. The minimum absolute atomic E-state index is 0.762. The Labute approximate surface area is 104 Å². The summed E-state index contributed by atoms with van der Waals surface area (Å²) in [5.41, 5.74) is 0. The van der Waals surface area contributed by atoms with Crippen molar-refractivity contribution in [2.45, 2.75) is 39.3 Å². The third kappa shape index (κ3) is 3.05. The number of rotatable bonds is 4. The van der Waals surface area contributed by atoms with Gasteiger partial charge in [0.25, 0.3) is 0 Å². The maximum atomic E-state index is 3.62. The molecule has 0 bridgehead atoms. The largest absolute Gasteiger partial charge is 0.309 e. The average molecular weight is 288 g/mol. The summed E-state index contributed by atoms with van der Waals surface area (Å²) in [5.74, 6) is 1.82. The van der Waals surface area contributed by atoms with Gasteiger partial charge in [-0.2, -0.15) is 0 Å². The topological polar surface area (TPSA) is 12.0 Å². The highest BCUT2D eigenvalue weighted by Gasteiger charge is 2.30. The number of nitrogens with one attached hydrogen (secondary N) is 1. The maximum absolute atomic E-state index is 3.62. The number of hydrogen-bond acceptors (Lipinski definition) is 2. The lowest BCUT2D eigenvalue weighted by Crippen LogP contribution is -2.42. The zero-order valence-corrected chi connectivity index (χ0v) is 11.7. The van der Waals surface area contributed by atoms with Crippen LogP contribution in [0.15, 0.2) is 15.9 Å². The highest BCUT2D eigenvalue weighted by Crippen LogP contribution is 2.34. The Bertz CT molecular complexity index is 315. The molecule has 1 N–H and O–H groups in total. The fourth-order valence-corrected chi connectivity index (χ4v) is 3.50. The van der Waals surface area contributed by atoms with E-state index in [0.717, 1.165) is 24.4 Å². The van der Waals surface area contributed by atoms with Gasteiger partial charge in [0.15, 0.2) is 0 Å². The third-order valence-corrected chi connectivity index (χ3v) is 4.93. The van der Waals surface area contributed by atoms with E-state index < -0.39 is 0 Å². The first kappa shape index (κ1) is 11.6. The Morgan fingerprint density at radius 1 is 1.47 bits per heavy atom. The van der Waals surface area contributed by atoms with Crippen LogP contribution in [0.3, 0.4) is 0 Å². The smallest absolute Gasteiger partial charge is 0.0701 e. The van der Waals surface area contributed by atoms with Gasteiger partial charge in [0.1, 0.15) is 0 Å². The van der Waals surface area contributed by atoms with Crippen molar-refractivity contribution >= 4 is 27.3 Å². The van der Waals surface area contributed by atoms with Crippen LogP contribution < -0.4 is 5.32 Å². The fourth-order valence-electron chi connectivity index (χ4n) is 2.06. The molecule has 1 aromatic rings. The van der Waals surface area contributed by atoms with Gasteiger partial charge < -0.3 is 5.32 Å². The summed E-state index contributed by atoms with van der Waals surface area (Å²) in [4.78, 5) is 1.43. The second-order valence-electron chi connectivity index (χ2n) is 4.76. The van der Waals surface area contributed by atoms with Crippen molar-refractivity contribution in [1.29, 1.82) is 0 Å². The molecule has 84 valence electrons. The van der Waals surface area contributed by atoms with Crippen LogP contribution in [0.4, 0.5) is 0 Å². The van der Waals surface area contributed by atoms with Crippen LogP contribution >= 0.6 is 27.3 Å². The van der Waals surface area contributed by atoms with Gasteiger partial charge in [-0.1, -0.05) is 13.8 Å². The first-order valence-corrected chi connectivity index (χ1v) is 7.23.